The SMILES string of the molecule is CC[C@@H](C)NC(=O)CSC1=N/C(=C\c2cccs2)C(=O)N1c1ccc(OC)c(Cl)c1. The van der Waals surface area contributed by atoms with Crippen LogP contribution in [0.4, 0.5) is 5.69 Å². The van der Waals surface area contributed by atoms with Gasteiger partial charge >= 0.3 is 0 Å². The van der Waals surface area contributed by atoms with Crippen molar-refractivity contribution in [3.05, 3.63) is 51.3 Å². The summed E-state index contributed by atoms with van der Waals surface area (Å²) in [5.41, 5.74) is 0.878. The van der Waals surface area contributed by atoms with Crippen molar-refractivity contribution in [2.24, 2.45) is 4.99 Å². The van der Waals surface area contributed by atoms with Crippen molar-refractivity contribution < 1.29 is 14.3 Å². The fourth-order valence-electron chi connectivity index (χ4n) is 2.67. The Bertz CT molecular complexity index is 989. The molecule has 0 bridgehead atoms. The molecule has 1 atom stereocenters. The Labute approximate surface area is 189 Å². The Morgan fingerprint density at radius 1 is 1.43 bits per heavy atom. The lowest BCUT2D eigenvalue weighted by Gasteiger charge is -2.19. The van der Waals surface area contributed by atoms with Crippen molar-refractivity contribution in [2.75, 3.05) is 17.8 Å². The predicted octanol–water partition coefficient (Wildman–Crippen LogP) is 4.80. The van der Waals surface area contributed by atoms with Gasteiger partial charge in [-0.1, -0.05) is 36.4 Å². The molecule has 0 spiro atoms. The van der Waals surface area contributed by atoms with Crippen LogP contribution in [-0.4, -0.2) is 35.9 Å². The van der Waals surface area contributed by atoms with Gasteiger partial charge < -0.3 is 10.1 Å². The maximum absolute atomic E-state index is 13.1. The van der Waals surface area contributed by atoms with Crippen LogP contribution in [0, 0.1) is 0 Å². The second-order valence-electron chi connectivity index (χ2n) is 6.56. The van der Waals surface area contributed by atoms with Crippen LogP contribution in [-0.2, 0) is 9.59 Å². The molecule has 1 aromatic carbocycles. The fourth-order valence-corrected chi connectivity index (χ4v) is 4.40. The summed E-state index contributed by atoms with van der Waals surface area (Å²) in [6.07, 6.45) is 2.60. The zero-order valence-corrected chi connectivity index (χ0v) is 19.2. The molecule has 3 rings (SSSR count). The Kier molecular flexibility index (Phi) is 7.58. The van der Waals surface area contributed by atoms with Crippen molar-refractivity contribution in [3.63, 3.8) is 0 Å². The summed E-state index contributed by atoms with van der Waals surface area (Å²) in [4.78, 5) is 32.3. The number of thioether (sulfide) groups is 1. The molecule has 0 aliphatic carbocycles. The number of rotatable bonds is 7. The van der Waals surface area contributed by atoms with Gasteiger partial charge in [0.2, 0.25) is 5.91 Å². The number of thiophene rings is 1. The highest BCUT2D eigenvalue weighted by molar-refractivity contribution is 8.14. The maximum atomic E-state index is 13.1. The molecule has 0 unspecified atom stereocenters. The summed E-state index contributed by atoms with van der Waals surface area (Å²) in [7, 11) is 1.53. The number of hydrogen-bond donors (Lipinski definition) is 1. The standard InChI is InChI=1S/C21H22ClN3O3S2/c1-4-13(2)23-19(26)12-30-21-24-17(11-15-6-5-9-29-15)20(27)25(21)14-7-8-18(28-3)16(22)10-14/h5-11,13H,4,12H2,1-3H3,(H,23,26)/b17-11-/t13-/m1/s1. The first kappa shape index (κ1) is 22.4. The number of hydrogen-bond acceptors (Lipinski definition) is 6. The molecule has 0 fully saturated rings. The minimum Gasteiger partial charge on any atom is -0.495 e. The third-order valence-corrected chi connectivity index (χ3v) is 6.45. The molecular weight excluding hydrogens is 442 g/mol. The first-order chi connectivity index (χ1) is 14.4. The summed E-state index contributed by atoms with van der Waals surface area (Å²) in [5.74, 6) is 0.297. The van der Waals surface area contributed by atoms with E-state index in [1.165, 1.54) is 35.1 Å². The van der Waals surface area contributed by atoms with Gasteiger partial charge in [-0.2, -0.15) is 0 Å². The molecular formula is C21H22ClN3O3S2. The maximum Gasteiger partial charge on any atom is 0.283 e. The molecule has 9 heteroatoms. The highest BCUT2D eigenvalue weighted by atomic mass is 35.5. The molecule has 2 heterocycles. The number of halogens is 1. The molecule has 1 aliphatic heterocycles. The van der Waals surface area contributed by atoms with E-state index in [4.69, 9.17) is 16.3 Å². The molecule has 2 aromatic rings. The van der Waals surface area contributed by atoms with Crippen molar-refractivity contribution in [2.45, 2.75) is 26.3 Å². The molecule has 158 valence electrons. The van der Waals surface area contributed by atoms with E-state index in [2.05, 4.69) is 10.3 Å². The number of nitrogens with one attached hydrogen (secondary N) is 1. The van der Waals surface area contributed by atoms with E-state index in [1.54, 1.807) is 24.3 Å². The van der Waals surface area contributed by atoms with E-state index >= 15 is 0 Å². The van der Waals surface area contributed by atoms with Gasteiger partial charge in [-0.15, -0.1) is 11.3 Å². The molecule has 30 heavy (non-hydrogen) atoms. The van der Waals surface area contributed by atoms with E-state index in [9.17, 15) is 9.59 Å². The fraction of sp³-hybridized carbons (Fsp3) is 0.286. The first-order valence-electron chi connectivity index (χ1n) is 9.37. The van der Waals surface area contributed by atoms with E-state index in [1.807, 2.05) is 31.4 Å². The van der Waals surface area contributed by atoms with Crippen molar-refractivity contribution in [1.29, 1.82) is 0 Å². The quantitative estimate of drug-likeness (QED) is 0.598. The van der Waals surface area contributed by atoms with Crippen LogP contribution in [0.15, 0.2) is 46.4 Å². The lowest BCUT2D eigenvalue weighted by atomic mass is 10.2. The number of carbonyl (C=O) groups excluding carboxylic acids is 2. The normalized spacial score (nSPS) is 16.0. The van der Waals surface area contributed by atoms with Gasteiger partial charge in [0, 0.05) is 10.9 Å². The van der Waals surface area contributed by atoms with Crippen LogP contribution in [0.3, 0.4) is 0 Å². The van der Waals surface area contributed by atoms with Crippen molar-refractivity contribution in [3.8, 4) is 5.75 Å². The van der Waals surface area contributed by atoms with E-state index in [0.717, 1.165) is 11.3 Å². The molecule has 0 radical (unpaired) electrons. The molecule has 1 aromatic heterocycles. The van der Waals surface area contributed by atoms with Crippen LogP contribution >= 0.6 is 34.7 Å². The van der Waals surface area contributed by atoms with Gasteiger partial charge in [0.05, 0.1) is 23.6 Å². The summed E-state index contributed by atoms with van der Waals surface area (Å²) in [5, 5.41) is 5.68. The van der Waals surface area contributed by atoms with Crippen LogP contribution in [0.5, 0.6) is 5.75 Å². The molecule has 0 saturated carbocycles. The number of ether oxygens (including phenoxy) is 1. The Morgan fingerprint density at radius 2 is 2.23 bits per heavy atom. The number of benzene rings is 1. The summed E-state index contributed by atoms with van der Waals surface area (Å²) < 4.78 is 5.20. The van der Waals surface area contributed by atoms with Gasteiger partial charge in [-0.25, -0.2) is 4.99 Å². The van der Waals surface area contributed by atoms with Crippen molar-refractivity contribution >= 4 is 63.4 Å². The van der Waals surface area contributed by atoms with Crippen LogP contribution in [0.1, 0.15) is 25.1 Å². The number of anilines is 1. The zero-order chi connectivity index (χ0) is 21.7. The number of amidine groups is 1. The average Bonchev–Trinajstić information content (AvgIpc) is 3.34. The summed E-state index contributed by atoms with van der Waals surface area (Å²) >= 11 is 9.00. The molecule has 1 aliphatic rings. The Morgan fingerprint density at radius 3 is 2.87 bits per heavy atom. The number of methoxy groups -OCH3 is 1. The number of nitrogens with zero attached hydrogens (tertiary/aromatic N) is 2. The van der Waals surface area contributed by atoms with Crippen LogP contribution in [0.25, 0.3) is 6.08 Å². The van der Waals surface area contributed by atoms with Gasteiger partial charge in [-0.3, -0.25) is 14.5 Å². The van der Waals surface area contributed by atoms with Gasteiger partial charge in [0.1, 0.15) is 11.4 Å². The van der Waals surface area contributed by atoms with Crippen molar-refractivity contribution in [1.82, 2.24) is 5.32 Å². The average molecular weight is 464 g/mol. The first-order valence-corrected chi connectivity index (χ1v) is 11.6. The summed E-state index contributed by atoms with van der Waals surface area (Å²) in [6, 6.07) is 9.02. The van der Waals surface area contributed by atoms with E-state index in [0.29, 0.717) is 27.3 Å². The predicted molar refractivity (Wildman–Crippen MR) is 126 cm³/mol. The topological polar surface area (TPSA) is 71.0 Å². The molecule has 0 saturated heterocycles. The third-order valence-electron chi connectivity index (χ3n) is 4.40. The monoisotopic (exact) mass is 463 g/mol. The molecule has 2 amide bonds. The smallest absolute Gasteiger partial charge is 0.283 e. The lowest BCUT2D eigenvalue weighted by Crippen LogP contribution is -2.35. The van der Waals surface area contributed by atoms with Gasteiger partial charge in [0.15, 0.2) is 5.17 Å². The highest BCUT2D eigenvalue weighted by Gasteiger charge is 2.33. The Hall–Kier alpha value is -2.29. The minimum atomic E-state index is -0.269. The second kappa shape index (κ2) is 10.1. The summed E-state index contributed by atoms with van der Waals surface area (Å²) in [6.45, 7) is 3.96. The van der Waals surface area contributed by atoms with Gasteiger partial charge in [0.25, 0.3) is 5.91 Å². The van der Waals surface area contributed by atoms with Crippen LogP contribution < -0.4 is 15.0 Å². The largest absolute Gasteiger partial charge is 0.495 e. The zero-order valence-electron chi connectivity index (χ0n) is 16.8. The Balaban J connectivity index is 1.88. The lowest BCUT2D eigenvalue weighted by molar-refractivity contribution is -0.119. The third kappa shape index (κ3) is 5.24. The molecule has 1 N–H and O–H groups in total. The van der Waals surface area contributed by atoms with E-state index < -0.39 is 0 Å². The number of aliphatic imine (C=N–C) groups is 1. The van der Waals surface area contributed by atoms with Gasteiger partial charge in [-0.05, 0) is 49.1 Å². The van der Waals surface area contributed by atoms with E-state index in [-0.39, 0.29) is 23.6 Å². The molecule has 6 nitrogen and oxygen atoms in total. The van der Waals surface area contributed by atoms with Crippen LogP contribution in [0.2, 0.25) is 5.02 Å². The number of carbonyl (C=O) groups is 2. The highest BCUT2D eigenvalue weighted by Crippen LogP contribution is 2.34. The minimum absolute atomic E-state index is 0.0935. The number of amides is 2. The second-order valence-corrected chi connectivity index (χ2v) is 8.89.